The van der Waals surface area contributed by atoms with Crippen molar-refractivity contribution in [2.75, 3.05) is 0 Å². The SMILES string of the molecule is CC(C)(C)c1cc(C(C)(C)C)c(-n2ccnc2-c2[c-]cccc2)c(C(C)(C)C)c1.CC(C)(C)c1cc(C(C)(C)C)c(-n2ccnc2-c2[c-]cccc2)c(C(C)(C)C)c1.CC(C)(C)c1cc(C(C)(C)C)c(-n2ccnc2-c2[c-]cccc2)c(C(C)(C)C)c1.[Ir+3]. The fraction of sp³-hybridized carbons (Fsp3) is 0.444. The topological polar surface area (TPSA) is 53.5 Å². The van der Waals surface area contributed by atoms with E-state index in [0.717, 1.165) is 34.2 Å². The van der Waals surface area contributed by atoms with Crippen molar-refractivity contribution in [1.29, 1.82) is 0 Å². The van der Waals surface area contributed by atoms with Crippen LogP contribution in [-0.4, -0.2) is 28.7 Å². The maximum Gasteiger partial charge on any atom is 3.00 e. The molecule has 0 fully saturated rings. The molecule has 0 saturated carbocycles. The molecule has 0 spiro atoms. The van der Waals surface area contributed by atoms with Crippen LogP contribution in [0.1, 0.15) is 237 Å². The molecule has 0 atom stereocenters. The molecule has 6 aromatic carbocycles. The summed E-state index contributed by atoms with van der Waals surface area (Å²) in [6.07, 6.45) is 12.0. The number of imidazole rings is 3. The van der Waals surface area contributed by atoms with Gasteiger partial charge in [-0.05, 0) is 98.8 Å². The smallest absolute Gasteiger partial charge is 0.339 e. The van der Waals surface area contributed by atoms with Crippen molar-refractivity contribution in [3.8, 4) is 51.2 Å². The molecule has 0 aliphatic carbocycles. The fourth-order valence-corrected chi connectivity index (χ4v) is 11.1. The Morgan fingerprint density at radius 1 is 0.273 bits per heavy atom. The third-order valence-corrected chi connectivity index (χ3v) is 16.3. The first-order chi connectivity index (χ1) is 39.9. The zero-order chi connectivity index (χ0) is 64.8. The quantitative estimate of drug-likeness (QED) is 0.156. The normalized spacial score (nSPS) is 12.9. The van der Waals surface area contributed by atoms with Crippen molar-refractivity contribution in [3.63, 3.8) is 0 Å². The number of hydrogen-bond donors (Lipinski definition) is 0. The standard InChI is InChI=1S/3C27H35N2.Ir/c3*1-25(2,3)20-17-21(26(4,5)6)23(22(18-20)27(7,8)9)29-16-15-28-24(29)19-13-11-10-12-14-19;/h3*10-13,15-18H,1-9H3;/q3*-1;+3. The summed E-state index contributed by atoms with van der Waals surface area (Å²) in [7, 11) is 0. The van der Waals surface area contributed by atoms with Gasteiger partial charge in [-0.1, -0.05) is 223 Å². The number of nitrogens with zero attached hydrogens (tertiary/aromatic N) is 6. The Hall–Kier alpha value is -6.40. The molecule has 7 heteroatoms. The van der Waals surface area contributed by atoms with Gasteiger partial charge in [-0.3, -0.25) is 15.0 Å². The maximum atomic E-state index is 4.71. The van der Waals surface area contributed by atoms with Crippen LogP contribution in [0.4, 0.5) is 0 Å². The molecular formula is C81H105IrN6. The second-order valence-corrected chi connectivity index (χ2v) is 33.2. The van der Waals surface area contributed by atoms with E-state index < -0.39 is 0 Å². The van der Waals surface area contributed by atoms with Crippen LogP contribution in [0, 0.1) is 18.2 Å². The van der Waals surface area contributed by atoms with Crippen molar-refractivity contribution in [2.24, 2.45) is 0 Å². The molecular weight excluding hydrogens is 1250 g/mol. The van der Waals surface area contributed by atoms with Crippen molar-refractivity contribution < 1.29 is 20.1 Å². The number of aromatic nitrogens is 6. The molecule has 0 N–H and O–H groups in total. The Bertz CT molecular complexity index is 3260. The molecule has 0 amide bonds. The van der Waals surface area contributed by atoms with Gasteiger partial charge in [-0.2, -0.15) is 0 Å². The van der Waals surface area contributed by atoms with Crippen LogP contribution in [0.2, 0.25) is 0 Å². The first-order valence-electron chi connectivity index (χ1n) is 31.5. The van der Waals surface area contributed by atoms with E-state index in [1.165, 1.54) is 67.1 Å². The zero-order valence-corrected chi connectivity index (χ0v) is 61.3. The summed E-state index contributed by atoms with van der Waals surface area (Å²) in [6, 6.07) is 48.7. The fourth-order valence-electron chi connectivity index (χ4n) is 11.1. The van der Waals surface area contributed by atoms with Gasteiger partial charge >= 0.3 is 20.1 Å². The second-order valence-electron chi connectivity index (χ2n) is 33.2. The molecule has 0 unspecified atom stereocenters. The minimum atomic E-state index is -0.00145. The van der Waals surface area contributed by atoms with E-state index in [1.807, 2.05) is 73.2 Å². The number of rotatable bonds is 6. The van der Waals surface area contributed by atoms with Gasteiger partial charge in [0.25, 0.3) is 0 Å². The summed E-state index contributed by atoms with van der Waals surface area (Å²) < 4.78 is 6.79. The Balaban J connectivity index is 0.000000209. The zero-order valence-electron chi connectivity index (χ0n) is 58.9. The average molecular weight is 1350 g/mol. The summed E-state index contributed by atoms with van der Waals surface area (Å²) in [5.74, 6) is 2.81. The number of hydrogen-bond acceptors (Lipinski definition) is 3. The van der Waals surface area contributed by atoms with Crippen molar-refractivity contribution in [3.05, 3.63) is 215 Å². The van der Waals surface area contributed by atoms with Crippen molar-refractivity contribution in [2.45, 2.75) is 236 Å². The minimum absolute atomic E-state index is 0. The minimum Gasteiger partial charge on any atom is -0.339 e. The molecule has 6 nitrogen and oxygen atoms in total. The van der Waals surface area contributed by atoms with Crippen LogP contribution in [0.5, 0.6) is 0 Å². The molecule has 0 aliphatic rings. The molecule has 9 rings (SSSR count). The van der Waals surface area contributed by atoms with Crippen molar-refractivity contribution in [1.82, 2.24) is 28.7 Å². The molecule has 0 saturated heterocycles. The Labute approximate surface area is 546 Å². The summed E-state index contributed by atoms with van der Waals surface area (Å²) in [5.41, 5.74) is 19.3. The van der Waals surface area contributed by atoms with E-state index in [-0.39, 0.29) is 68.8 Å². The van der Waals surface area contributed by atoms with E-state index in [2.05, 4.69) is 292 Å². The molecule has 88 heavy (non-hydrogen) atoms. The van der Waals surface area contributed by atoms with E-state index >= 15 is 0 Å². The van der Waals surface area contributed by atoms with E-state index in [0.29, 0.717) is 0 Å². The second kappa shape index (κ2) is 25.8. The van der Waals surface area contributed by atoms with Crippen molar-refractivity contribution >= 4 is 0 Å². The van der Waals surface area contributed by atoms with Crippen LogP contribution in [0.3, 0.4) is 0 Å². The van der Waals surface area contributed by atoms with Gasteiger partial charge in [0.2, 0.25) is 0 Å². The van der Waals surface area contributed by atoms with E-state index in [1.54, 1.807) is 0 Å². The third-order valence-electron chi connectivity index (χ3n) is 16.3. The summed E-state index contributed by atoms with van der Waals surface area (Å²) in [5, 5.41) is 0. The van der Waals surface area contributed by atoms with Gasteiger partial charge in [0, 0.05) is 54.2 Å². The predicted octanol–water partition coefficient (Wildman–Crippen LogP) is 21.7. The van der Waals surface area contributed by atoms with Crippen LogP contribution < -0.4 is 0 Å². The molecule has 0 radical (unpaired) electrons. The monoisotopic (exact) mass is 1350 g/mol. The molecule has 0 bridgehead atoms. The average Bonchev–Trinajstić information content (AvgIpc) is 1.51. The molecule has 3 heterocycles. The molecule has 468 valence electrons. The summed E-state index contributed by atoms with van der Waals surface area (Å²) in [6.45, 7) is 62.1. The van der Waals surface area contributed by atoms with Gasteiger partial charge in [0.05, 0.1) is 17.5 Å². The van der Waals surface area contributed by atoms with Crippen LogP contribution >= 0.6 is 0 Å². The first kappa shape index (κ1) is 70.7. The Morgan fingerprint density at radius 3 is 0.614 bits per heavy atom. The van der Waals surface area contributed by atoms with Gasteiger partial charge < -0.3 is 13.7 Å². The Morgan fingerprint density at radius 2 is 0.466 bits per heavy atom. The Kier molecular flexibility index (Phi) is 20.8. The summed E-state index contributed by atoms with van der Waals surface area (Å²) in [4.78, 5) is 14.1. The van der Waals surface area contributed by atoms with Crippen LogP contribution in [-0.2, 0) is 68.8 Å². The molecule has 0 aliphatic heterocycles. The van der Waals surface area contributed by atoms with E-state index in [4.69, 9.17) is 15.0 Å². The molecule has 3 aromatic heterocycles. The predicted molar refractivity (Wildman–Crippen MR) is 372 cm³/mol. The van der Waals surface area contributed by atoms with Gasteiger partial charge in [-0.25, -0.2) is 0 Å². The van der Waals surface area contributed by atoms with Gasteiger partial charge in [0.15, 0.2) is 0 Å². The summed E-state index contributed by atoms with van der Waals surface area (Å²) >= 11 is 0. The van der Waals surface area contributed by atoms with E-state index in [9.17, 15) is 0 Å². The third kappa shape index (κ3) is 16.3. The molecule has 9 aromatic rings. The largest absolute Gasteiger partial charge is 3.00 e. The van der Waals surface area contributed by atoms with Gasteiger partial charge in [-0.15, -0.1) is 108 Å². The maximum absolute atomic E-state index is 4.71. The van der Waals surface area contributed by atoms with Crippen LogP contribution in [0.25, 0.3) is 51.2 Å². The van der Waals surface area contributed by atoms with Gasteiger partial charge in [0.1, 0.15) is 0 Å². The van der Waals surface area contributed by atoms with Crippen LogP contribution in [0.15, 0.2) is 146 Å². The number of benzene rings is 6. The first-order valence-corrected chi connectivity index (χ1v) is 31.5.